The van der Waals surface area contributed by atoms with Crippen molar-refractivity contribution >= 4 is 5.91 Å². The molecule has 0 aromatic carbocycles. The van der Waals surface area contributed by atoms with E-state index < -0.39 is 0 Å². The molecule has 1 heterocycles. The Kier molecular flexibility index (Phi) is 6.01. The first-order chi connectivity index (χ1) is 8.01. The molecule has 0 saturated carbocycles. The second-order valence-corrected chi connectivity index (χ2v) is 6.29. The molecule has 1 rings (SSSR count). The highest BCUT2D eigenvalue weighted by atomic mass is 16.2. The summed E-state index contributed by atoms with van der Waals surface area (Å²) in [6.45, 7) is 8.37. The average Bonchev–Trinajstić information content (AvgIpc) is 2.22. The minimum Gasteiger partial charge on any atom is -0.343 e. The Labute approximate surface area is 107 Å². The van der Waals surface area contributed by atoms with Gasteiger partial charge in [-0.25, -0.2) is 0 Å². The third kappa shape index (κ3) is 6.09. The lowest BCUT2D eigenvalue weighted by molar-refractivity contribution is -0.129. The fourth-order valence-corrected chi connectivity index (χ4v) is 2.74. The van der Waals surface area contributed by atoms with Gasteiger partial charge in [-0.2, -0.15) is 0 Å². The summed E-state index contributed by atoms with van der Waals surface area (Å²) in [5.41, 5.74) is 0.460. The molecule has 0 radical (unpaired) electrons. The first kappa shape index (κ1) is 14.5. The Hall–Kier alpha value is -0.530. The van der Waals surface area contributed by atoms with Crippen molar-refractivity contribution in [2.24, 2.45) is 5.41 Å². The minimum absolute atomic E-state index is 0.250. The molecular formula is C15H29NO. The molecule has 0 atom stereocenters. The SMILES string of the molecule is CC(=O)N1CCCCCCCC(C)(C)CCC1. The van der Waals surface area contributed by atoms with E-state index in [-0.39, 0.29) is 5.91 Å². The number of rotatable bonds is 0. The van der Waals surface area contributed by atoms with Gasteiger partial charge in [0.05, 0.1) is 0 Å². The zero-order valence-corrected chi connectivity index (χ0v) is 11.9. The van der Waals surface area contributed by atoms with E-state index in [1.54, 1.807) is 6.92 Å². The third-order valence-corrected chi connectivity index (χ3v) is 4.01. The maximum Gasteiger partial charge on any atom is 0.219 e. The zero-order valence-electron chi connectivity index (χ0n) is 11.9. The normalized spacial score (nSPS) is 23.6. The Bertz CT molecular complexity index is 235. The quantitative estimate of drug-likeness (QED) is 0.626. The van der Waals surface area contributed by atoms with Crippen LogP contribution >= 0.6 is 0 Å². The predicted octanol–water partition coefficient (Wildman–Crippen LogP) is 4.00. The summed E-state index contributed by atoms with van der Waals surface area (Å²) in [7, 11) is 0. The monoisotopic (exact) mass is 239 g/mol. The second-order valence-electron chi connectivity index (χ2n) is 6.29. The summed E-state index contributed by atoms with van der Waals surface area (Å²) in [5.74, 6) is 0.250. The van der Waals surface area contributed by atoms with Gasteiger partial charge in [0.15, 0.2) is 0 Å². The van der Waals surface area contributed by atoms with Crippen LogP contribution in [0.3, 0.4) is 0 Å². The van der Waals surface area contributed by atoms with E-state index in [4.69, 9.17) is 0 Å². The number of hydrogen-bond donors (Lipinski definition) is 0. The van der Waals surface area contributed by atoms with Gasteiger partial charge in [-0.1, -0.05) is 39.5 Å². The smallest absolute Gasteiger partial charge is 0.219 e. The topological polar surface area (TPSA) is 20.3 Å². The Morgan fingerprint density at radius 1 is 0.882 bits per heavy atom. The van der Waals surface area contributed by atoms with Crippen LogP contribution in [0.1, 0.15) is 72.1 Å². The summed E-state index contributed by atoms with van der Waals surface area (Å²) in [6.07, 6.45) is 10.3. The van der Waals surface area contributed by atoms with E-state index in [1.807, 2.05) is 4.90 Å². The van der Waals surface area contributed by atoms with Gasteiger partial charge >= 0.3 is 0 Å². The summed E-state index contributed by atoms with van der Waals surface area (Å²) in [4.78, 5) is 13.5. The summed E-state index contributed by atoms with van der Waals surface area (Å²) >= 11 is 0. The van der Waals surface area contributed by atoms with E-state index in [0.29, 0.717) is 5.41 Å². The van der Waals surface area contributed by atoms with Crippen LogP contribution in [0.4, 0.5) is 0 Å². The molecule has 100 valence electrons. The molecule has 1 amide bonds. The number of hydrogen-bond acceptors (Lipinski definition) is 1. The lowest BCUT2D eigenvalue weighted by Crippen LogP contribution is -2.31. The van der Waals surface area contributed by atoms with Crippen LogP contribution in [-0.4, -0.2) is 23.9 Å². The van der Waals surface area contributed by atoms with Crippen LogP contribution in [0.15, 0.2) is 0 Å². The van der Waals surface area contributed by atoms with E-state index in [0.717, 1.165) is 19.5 Å². The maximum absolute atomic E-state index is 11.5. The molecule has 0 N–H and O–H groups in total. The van der Waals surface area contributed by atoms with Crippen molar-refractivity contribution in [1.29, 1.82) is 0 Å². The van der Waals surface area contributed by atoms with Crippen molar-refractivity contribution in [2.75, 3.05) is 13.1 Å². The molecule has 0 spiro atoms. The van der Waals surface area contributed by atoms with E-state index in [9.17, 15) is 4.79 Å². The van der Waals surface area contributed by atoms with Crippen LogP contribution in [-0.2, 0) is 4.79 Å². The molecule has 1 aliphatic heterocycles. The van der Waals surface area contributed by atoms with Crippen molar-refractivity contribution in [3.63, 3.8) is 0 Å². The first-order valence-corrected chi connectivity index (χ1v) is 7.27. The highest BCUT2D eigenvalue weighted by molar-refractivity contribution is 5.73. The van der Waals surface area contributed by atoms with Crippen molar-refractivity contribution in [3.05, 3.63) is 0 Å². The molecule has 1 aliphatic rings. The Morgan fingerprint density at radius 3 is 2.12 bits per heavy atom. The van der Waals surface area contributed by atoms with E-state index in [2.05, 4.69) is 13.8 Å². The fourth-order valence-electron chi connectivity index (χ4n) is 2.74. The molecule has 0 unspecified atom stereocenters. The number of carbonyl (C=O) groups excluding carboxylic acids is 1. The number of amides is 1. The van der Waals surface area contributed by atoms with E-state index in [1.165, 1.54) is 44.9 Å². The number of nitrogens with zero attached hydrogens (tertiary/aromatic N) is 1. The molecule has 0 aromatic rings. The summed E-state index contributed by atoms with van der Waals surface area (Å²) in [5, 5.41) is 0. The predicted molar refractivity (Wildman–Crippen MR) is 73.0 cm³/mol. The van der Waals surface area contributed by atoms with Gasteiger partial charge in [0.25, 0.3) is 0 Å². The molecular weight excluding hydrogens is 210 g/mol. The van der Waals surface area contributed by atoms with Gasteiger partial charge in [0.1, 0.15) is 0 Å². The zero-order chi connectivity index (χ0) is 12.7. The molecule has 17 heavy (non-hydrogen) atoms. The van der Waals surface area contributed by atoms with Gasteiger partial charge in [-0.15, -0.1) is 0 Å². The summed E-state index contributed by atoms with van der Waals surface area (Å²) < 4.78 is 0. The van der Waals surface area contributed by atoms with Crippen molar-refractivity contribution in [2.45, 2.75) is 72.1 Å². The van der Waals surface area contributed by atoms with Gasteiger partial charge in [0.2, 0.25) is 5.91 Å². The van der Waals surface area contributed by atoms with Crippen LogP contribution in [0, 0.1) is 5.41 Å². The molecule has 1 fully saturated rings. The second kappa shape index (κ2) is 7.03. The molecule has 0 aliphatic carbocycles. The Morgan fingerprint density at radius 2 is 1.41 bits per heavy atom. The van der Waals surface area contributed by atoms with Crippen LogP contribution < -0.4 is 0 Å². The molecule has 1 saturated heterocycles. The Balaban J connectivity index is 2.47. The lowest BCUT2D eigenvalue weighted by Gasteiger charge is -2.28. The van der Waals surface area contributed by atoms with Gasteiger partial charge in [-0.3, -0.25) is 4.79 Å². The van der Waals surface area contributed by atoms with Gasteiger partial charge < -0.3 is 4.90 Å². The summed E-state index contributed by atoms with van der Waals surface area (Å²) in [6, 6.07) is 0. The van der Waals surface area contributed by atoms with Crippen LogP contribution in [0.5, 0.6) is 0 Å². The lowest BCUT2D eigenvalue weighted by atomic mass is 9.82. The van der Waals surface area contributed by atoms with Crippen molar-refractivity contribution in [1.82, 2.24) is 4.90 Å². The maximum atomic E-state index is 11.5. The fraction of sp³-hybridized carbons (Fsp3) is 0.933. The molecule has 2 nitrogen and oxygen atoms in total. The highest BCUT2D eigenvalue weighted by Gasteiger charge is 2.18. The van der Waals surface area contributed by atoms with E-state index >= 15 is 0 Å². The molecule has 0 aromatic heterocycles. The standard InChI is InChI=1S/C15H29NO/c1-14(17)16-12-8-6-4-5-7-10-15(2,3)11-9-13-16/h4-13H2,1-3H3. The van der Waals surface area contributed by atoms with Crippen LogP contribution in [0.25, 0.3) is 0 Å². The van der Waals surface area contributed by atoms with Crippen molar-refractivity contribution < 1.29 is 4.79 Å². The minimum atomic E-state index is 0.250. The third-order valence-electron chi connectivity index (χ3n) is 4.01. The van der Waals surface area contributed by atoms with Crippen molar-refractivity contribution in [3.8, 4) is 0 Å². The molecule has 2 heteroatoms. The number of carbonyl (C=O) groups is 1. The largest absolute Gasteiger partial charge is 0.343 e. The molecule has 0 bridgehead atoms. The first-order valence-electron chi connectivity index (χ1n) is 7.27. The van der Waals surface area contributed by atoms with Crippen LogP contribution in [0.2, 0.25) is 0 Å². The van der Waals surface area contributed by atoms with Gasteiger partial charge in [-0.05, 0) is 31.1 Å². The average molecular weight is 239 g/mol. The van der Waals surface area contributed by atoms with Gasteiger partial charge in [0, 0.05) is 20.0 Å². The highest BCUT2D eigenvalue weighted by Crippen LogP contribution is 2.29.